The van der Waals surface area contributed by atoms with Crippen LogP contribution in [0.15, 0.2) is 81.5 Å². The first-order valence-electron chi connectivity index (χ1n) is 15.0. The highest BCUT2D eigenvalue weighted by molar-refractivity contribution is 7.86. The molecular formula is C36H60O3S. The lowest BCUT2D eigenvalue weighted by molar-refractivity contribution is 0.210. The first kappa shape index (κ1) is 38.1. The van der Waals surface area contributed by atoms with Gasteiger partial charge >= 0.3 is 0 Å². The normalized spacial score (nSPS) is 15.0. The Morgan fingerprint density at radius 2 is 0.925 bits per heavy atom. The van der Waals surface area contributed by atoms with Crippen LogP contribution in [-0.2, 0) is 14.3 Å². The fourth-order valence-corrected chi connectivity index (χ4v) is 4.99. The Balaban J connectivity index is 5.88. The van der Waals surface area contributed by atoms with Gasteiger partial charge in [0, 0.05) is 5.92 Å². The molecule has 2 atom stereocenters. The quantitative estimate of drug-likeness (QED) is 0.114. The molecule has 0 aromatic rings. The van der Waals surface area contributed by atoms with Crippen molar-refractivity contribution < 1.29 is 12.6 Å². The molecule has 0 aliphatic carbocycles. The van der Waals surface area contributed by atoms with E-state index in [1.165, 1.54) is 33.4 Å². The van der Waals surface area contributed by atoms with Crippen LogP contribution in [0.1, 0.15) is 127 Å². The molecule has 0 saturated heterocycles. The third kappa shape index (κ3) is 22.9. The zero-order valence-corrected chi connectivity index (χ0v) is 28.5. The molecule has 0 aliphatic rings. The van der Waals surface area contributed by atoms with E-state index in [1.54, 1.807) is 0 Å². The van der Waals surface area contributed by atoms with Crippen LogP contribution >= 0.6 is 0 Å². The van der Waals surface area contributed by atoms with Crippen LogP contribution in [0.25, 0.3) is 0 Å². The van der Waals surface area contributed by atoms with E-state index < -0.39 is 16.2 Å². The maximum absolute atomic E-state index is 12.3. The fraction of sp³-hybridized carbons (Fsp3) is 0.611. The van der Waals surface area contributed by atoms with E-state index in [-0.39, 0.29) is 5.92 Å². The maximum atomic E-state index is 12.3. The minimum Gasteiger partial charge on any atom is -0.262 e. The second-order valence-corrected chi connectivity index (χ2v) is 13.9. The molecule has 0 amide bonds. The SMILES string of the molecule is CC(C)=CCCC(C)=CCCC(C)=CCC(C=C(C)CCC=C(C)C)C(C=C(C)CCC=C(C)C)OS(C)(=O)=O. The zero-order chi connectivity index (χ0) is 30.7. The Morgan fingerprint density at radius 1 is 0.550 bits per heavy atom. The maximum Gasteiger partial charge on any atom is 0.264 e. The predicted molar refractivity (Wildman–Crippen MR) is 178 cm³/mol. The van der Waals surface area contributed by atoms with Gasteiger partial charge in [0.15, 0.2) is 0 Å². The standard InChI is InChI=1S/C36H60O3S/c1-28(2)16-12-19-31(7)20-15-21-32(8)24-25-35(26-33(9)22-13-17-29(3)4)36(39-40(11,37)38)27-34(10)23-14-18-30(5)6/h16-18,20,24,26-27,35-36H,12-15,19,21-23,25H2,1-11H3. The van der Waals surface area contributed by atoms with E-state index in [0.29, 0.717) is 0 Å². The van der Waals surface area contributed by atoms with Crippen LogP contribution in [-0.4, -0.2) is 20.8 Å². The zero-order valence-electron chi connectivity index (χ0n) is 27.7. The summed E-state index contributed by atoms with van der Waals surface area (Å²) in [5.41, 5.74) is 9.17. The molecule has 0 bridgehead atoms. The summed E-state index contributed by atoms with van der Waals surface area (Å²) >= 11 is 0. The van der Waals surface area contributed by atoms with Crippen LogP contribution in [0.5, 0.6) is 0 Å². The van der Waals surface area contributed by atoms with E-state index in [2.05, 4.69) is 106 Å². The van der Waals surface area contributed by atoms with Gasteiger partial charge in [0.05, 0.1) is 6.26 Å². The lowest BCUT2D eigenvalue weighted by Gasteiger charge is -2.22. The molecule has 4 heteroatoms. The summed E-state index contributed by atoms with van der Waals surface area (Å²) < 4.78 is 30.3. The molecule has 0 aromatic heterocycles. The van der Waals surface area contributed by atoms with Crippen molar-refractivity contribution >= 4 is 10.1 Å². The van der Waals surface area contributed by atoms with Gasteiger partial charge in [-0.1, -0.05) is 81.5 Å². The first-order valence-corrected chi connectivity index (χ1v) is 16.8. The van der Waals surface area contributed by atoms with Gasteiger partial charge in [-0.3, -0.25) is 4.18 Å². The molecule has 40 heavy (non-hydrogen) atoms. The van der Waals surface area contributed by atoms with Crippen LogP contribution in [0.4, 0.5) is 0 Å². The van der Waals surface area contributed by atoms with Gasteiger partial charge in [-0.05, 0) is 127 Å². The molecule has 2 unspecified atom stereocenters. The summed E-state index contributed by atoms with van der Waals surface area (Å²) in [6.45, 7) is 21.4. The molecule has 0 rings (SSSR count). The van der Waals surface area contributed by atoms with Crippen molar-refractivity contribution in [1.82, 2.24) is 0 Å². The molecule has 0 aliphatic heterocycles. The number of hydrogen-bond acceptors (Lipinski definition) is 3. The number of rotatable bonds is 19. The summed E-state index contributed by atoms with van der Waals surface area (Å²) in [4.78, 5) is 0. The molecule has 0 aromatic carbocycles. The molecular weight excluding hydrogens is 512 g/mol. The van der Waals surface area contributed by atoms with Gasteiger partial charge in [0.1, 0.15) is 6.10 Å². The van der Waals surface area contributed by atoms with Crippen molar-refractivity contribution in [2.75, 3.05) is 6.26 Å². The lowest BCUT2D eigenvalue weighted by atomic mass is 9.91. The van der Waals surface area contributed by atoms with Gasteiger partial charge in [-0.2, -0.15) is 8.42 Å². The third-order valence-electron chi connectivity index (χ3n) is 6.70. The minimum atomic E-state index is -3.62. The van der Waals surface area contributed by atoms with E-state index in [1.807, 2.05) is 6.08 Å². The van der Waals surface area contributed by atoms with E-state index in [4.69, 9.17) is 4.18 Å². The topological polar surface area (TPSA) is 43.4 Å². The largest absolute Gasteiger partial charge is 0.264 e. The predicted octanol–water partition coefficient (Wildman–Crippen LogP) is 11.1. The summed E-state index contributed by atoms with van der Waals surface area (Å²) in [5, 5.41) is 0. The summed E-state index contributed by atoms with van der Waals surface area (Å²) in [5.74, 6) is -0.0591. The van der Waals surface area contributed by atoms with Gasteiger partial charge in [0.25, 0.3) is 10.1 Å². The number of allylic oxidation sites excluding steroid dienone is 12. The summed E-state index contributed by atoms with van der Waals surface area (Å²) in [6.07, 6.45) is 25.1. The van der Waals surface area contributed by atoms with Crippen LogP contribution in [0.3, 0.4) is 0 Å². The second-order valence-electron chi connectivity index (χ2n) is 12.3. The highest BCUT2D eigenvalue weighted by Crippen LogP contribution is 2.25. The third-order valence-corrected chi connectivity index (χ3v) is 7.27. The van der Waals surface area contributed by atoms with Crippen molar-refractivity contribution in [1.29, 1.82) is 0 Å². The second kappa shape index (κ2) is 20.9. The lowest BCUT2D eigenvalue weighted by Crippen LogP contribution is -2.24. The summed E-state index contributed by atoms with van der Waals surface area (Å²) in [7, 11) is -3.62. The minimum absolute atomic E-state index is 0.0591. The molecule has 0 heterocycles. The Morgan fingerprint density at radius 3 is 1.35 bits per heavy atom. The van der Waals surface area contributed by atoms with E-state index >= 15 is 0 Å². The average molecular weight is 573 g/mol. The van der Waals surface area contributed by atoms with E-state index in [0.717, 1.165) is 69.6 Å². The first-order chi connectivity index (χ1) is 18.6. The van der Waals surface area contributed by atoms with Crippen LogP contribution in [0, 0.1) is 5.92 Å². The number of hydrogen-bond donors (Lipinski definition) is 0. The smallest absolute Gasteiger partial charge is 0.262 e. The van der Waals surface area contributed by atoms with Crippen molar-refractivity contribution in [3.05, 3.63) is 81.5 Å². The Kier molecular flexibility index (Phi) is 19.9. The van der Waals surface area contributed by atoms with Gasteiger partial charge < -0.3 is 0 Å². The van der Waals surface area contributed by atoms with Gasteiger partial charge in [0.2, 0.25) is 0 Å². The summed E-state index contributed by atoms with van der Waals surface area (Å²) in [6, 6.07) is 0. The monoisotopic (exact) mass is 572 g/mol. The Bertz CT molecular complexity index is 1060. The Hall–Kier alpha value is -1.91. The Labute approximate surface area is 249 Å². The highest BCUT2D eigenvalue weighted by Gasteiger charge is 2.22. The molecule has 228 valence electrons. The van der Waals surface area contributed by atoms with E-state index in [9.17, 15) is 8.42 Å². The highest BCUT2D eigenvalue weighted by atomic mass is 32.2. The van der Waals surface area contributed by atoms with Gasteiger partial charge in [-0.25, -0.2) is 0 Å². The fourth-order valence-electron chi connectivity index (χ4n) is 4.39. The molecule has 0 saturated carbocycles. The van der Waals surface area contributed by atoms with Crippen LogP contribution < -0.4 is 0 Å². The molecule has 3 nitrogen and oxygen atoms in total. The molecule has 0 fully saturated rings. The van der Waals surface area contributed by atoms with Gasteiger partial charge in [-0.15, -0.1) is 0 Å². The molecule has 0 spiro atoms. The molecule has 0 N–H and O–H groups in total. The average Bonchev–Trinajstić information content (AvgIpc) is 2.79. The van der Waals surface area contributed by atoms with Crippen molar-refractivity contribution in [2.24, 2.45) is 5.92 Å². The van der Waals surface area contributed by atoms with Crippen LogP contribution in [0.2, 0.25) is 0 Å². The van der Waals surface area contributed by atoms with Crippen molar-refractivity contribution in [3.63, 3.8) is 0 Å². The van der Waals surface area contributed by atoms with Crippen molar-refractivity contribution in [2.45, 2.75) is 133 Å². The molecule has 0 radical (unpaired) electrons. The van der Waals surface area contributed by atoms with Crippen molar-refractivity contribution in [3.8, 4) is 0 Å².